The Hall–Kier alpha value is -1.02. The molecule has 0 radical (unpaired) electrons. The Kier molecular flexibility index (Phi) is 4.26. The maximum atomic E-state index is 5.37. The summed E-state index contributed by atoms with van der Waals surface area (Å²) in [4.78, 5) is 0. The standard InChI is InChI=1S/C19H29NO/c1-19(2)10-4-5-17(13-19)20-16-8-6-14-7-9-18(21-3)12-15(14)11-16/h7,9,12,16-17,20H,4-6,8,10-11,13H2,1-3H3. The molecular formula is C19H29NO. The van der Waals surface area contributed by atoms with Gasteiger partial charge in [-0.15, -0.1) is 0 Å². The van der Waals surface area contributed by atoms with Crippen molar-refractivity contribution in [2.75, 3.05) is 7.11 Å². The van der Waals surface area contributed by atoms with Crippen molar-refractivity contribution in [3.63, 3.8) is 0 Å². The highest BCUT2D eigenvalue weighted by molar-refractivity contribution is 5.37. The molecule has 1 aromatic rings. The van der Waals surface area contributed by atoms with Gasteiger partial charge in [0, 0.05) is 12.1 Å². The average molecular weight is 287 g/mol. The first-order chi connectivity index (χ1) is 10.1. The Morgan fingerprint density at radius 1 is 1.14 bits per heavy atom. The van der Waals surface area contributed by atoms with Crippen LogP contribution in [0.25, 0.3) is 0 Å². The number of nitrogens with one attached hydrogen (secondary N) is 1. The smallest absolute Gasteiger partial charge is 0.119 e. The van der Waals surface area contributed by atoms with Gasteiger partial charge in [-0.25, -0.2) is 0 Å². The van der Waals surface area contributed by atoms with Gasteiger partial charge in [-0.05, 0) is 67.2 Å². The molecule has 0 amide bonds. The van der Waals surface area contributed by atoms with Crippen molar-refractivity contribution in [2.45, 2.75) is 70.9 Å². The normalized spacial score (nSPS) is 28.0. The minimum atomic E-state index is 0.520. The third-order valence-corrected chi connectivity index (χ3v) is 5.32. The van der Waals surface area contributed by atoms with Gasteiger partial charge in [-0.3, -0.25) is 0 Å². The summed E-state index contributed by atoms with van der Waals surface area (Å²) in [5, 5.41) is 3.95. The molecule has 0 spiro atoms. The van der Waals surface area contributed by atoms with Crippen LogP contribution in [-0.4, -0.2) is 19.2 Å². The predicted octanol–water partition coefficient (Wildman–Crippen LogP) is 4.11. The third kappa shape index (κ3) is 3.60. The monoisotopic (exact) mass is 287 g/mol. The zero-order chi connectivity index (χ0) is 14.9. The van der Waals surface area contributed by atoms with Crippen molar-refractivity contribution in [2.24, 2.45) is 5.41 Å². The van der Waals surface area contributed by atoms with E-state index in [4.69, 9.17) is 4.74 Å². The molecule has 3 rings (SSSR count). The molecule has 0 saturated heterocycles. The van der Waals surface area contributed by atoms with E-state index in [0.717, 1.165) is 12.2 Å². The highest BCUT2D eigenvalue weighted by Crippen LogP contribution is 2.36. The van der Waals surface area contributed by atoms with Crippen LogP contribution in [-0.2, 0) is 12.8 Å². The minimum Gasteiger partial charge on any atom is -0.497 e. The molecule has 2 nitrogen and oxygen atoms in total. The summed E-state index contributed by atoms with van der Waals surface area (Å²) in [5.41, 5.74) is 3.51. The van der Waals surface area contributed by atoms with Crippen LogP contribution in [0.4, 0.5) is 0 Å². The van der Waals surface area contributed by atoms with Gasteiger partial charge in [0.05, 0.1) is 7.11 Å². The lowest BCUT2D eigenvalue weighted by Crippen LogP contribution is -2.45. The van der Waals surface area contributed by atoms with Gasteiger partial charge in [-0.2, -0.15) is 0 Å². The Bertz CT molecular complexity index is 494. The predicted molar refractivity (Wildman–Crippen MR) is 88.0 cm³/mol. The largest absolute Gasteiger partial charge is 0.497 e. The molecule has 2 atom stereocenters. The maximum Gasteiger partial charge on any atom is 0.119 e. The Morgan fingerprint density at radius 2 is 2.00 bits per heavy atom. The highest BCUT2D eigenvalue weighted by atomic mass is 16.5. The fourth-order valence-corrected chi connectivity index (χ4v) is 4.18. The SMILES string of the molecule is COc1ccc2c(c1)CC(NC1CCCC(C)(C)C1)CC2. The zero-order valence-corrected chi connectivity index (χ0v) is 13.7. The van der Waals surface area contributed by atoms with Gasteiger partial charge < -0.3 is 10.1 Å². The number of hydrogen-bond donors (Lipinski definition) is 1. The number of ether oxygens (including phenoxy) is 1. The molecule has 0 bridgehead atoms. The second-order valence-corrected chi connectivity index (χ2v) is 7.70. The lowest BCUT2D eigenvalue weighted by Gasteiger charge is -2.38. The van der Waals surface area contributed by atoms with Gasteiger partial charge in [0.2, 0.25) is 0 Å². The van der Waals surface area contributed by atoms with E-state index in [1.807, 2.05) is 0 Å². The second-order valence-electron chi connectivity index (χ2n) is 7.70. The van der Waals surface area contributed by atoms with Crippen molar-refractivity contribution >= 4 is 0 Å². The van der Waals surface area contributed by atoms with E-state index in [1.165, 1.54) is 49.7 Å². The number of benzene rings is 1. The van der Waals surface area contributed by atoms with E-state index in [2.05, 4.69) is 37.4 Å². The van der Waals surface area contributed by atoms with Crippen molar-refractivity contribution in [3.8, 4) is 5.75 Å². The van der Waals surface area contributed by atoms with Gasteiger partial charge in [-0.1, -0.05) is 26.3 Å². The number of rotatable bonds is 3. The summed E-state index contributed by atoms with van der Waals surface area (Å²) >= 11 is 0. The van der Waals surface area contributed by atoms with Crippen LogP contribution in [0.2, 0.25) is 0 Å². The van der Waals surface area contributed by atoms with Crippen molar-refractivity contribution in [3.05, 3.63) is 29.3 Å². The van der Waals surface area contributed by atoms with Crippen LogP contribution in [0.3, 0.4) is 0 Å². The molecule has 1 N–H and O–H groups in total. The molecule has 1 aromatic carbocycles. The fraction of sp³-hybridized carbons (Fsp3) is 0.684. The lowest BCUT2D eigenvalue weighted by atomic mass is 9.74. The van der Waals surface area contributed by atoms with E-state index in [-0.39, 0.29) is 0 Å². The summed E-state index contributed by atoms with van der Waals surface area (Å²) in [6.07, 6.45) is 9.07. The average Bonchev–Trinajstić information content (AvgIpc) is 2.45. The Morgan fingerprint density at radius 3 is 2.76 bits per heavy atom. The number of methoxy groups -OCH3 is 1. The molecule has 0 aliphatic heterocycles. The molecule has 0 aromatic heterocycles. The first-order valence-electron chi connectivity index (χ1n) is 8.47. The van der Waals surface area contributed by atoms with Crippen molar-refractivity contribution in [1.82, 2.24) is 5.32 Å². The van der Waals surface area contributed by atoms with Crippen LogP contribution in [0.5, 0.6) is 5.75 Å². The molecule has 116 valence electrons. The quantitative estimate of drug-likeness (QED) is 0.903. The summed E-state index contributed by atoms with van der Waals surface area (Å²) in [6.45, 7) is 4.84. The highest BCUT2D eigenvalue weighted by Gasteiger charge is 2.30. The van der Waals surface area contributed by atoms with Crippen molar-refractivity contribution in [1.29, 1.82) is 0 Å². The summed E-state index contributed by atoms with van der Waals surface area (Å²) in [6, 6.07) is 7.92. The van der Waals surface area contributed by atoms with Crippen LogP contribution in [0, 0.1) is 5.41 Å². The zero-order valence-electron chi connectivity index (χ0n) is 13.7. The number of hydrogen-bond acceptors (Lipinski definition) is 2. The van der Waals surface area contributed by atoms with Crippen LogP contribution in [0.15, 0.2) is 18.2 Å². The summed E-state index contributed by atoms with van der Waals surface area (Å²) in [7, 11) is 1.75. The van der Waals surface area contributed by atoms with Crippen molar-refractivity contribution < 1.29 is 4.74 Å². The molecule has 2 aliphatic rings. The van der Waals surface area contributed by atoms with Gasteiger partial charge in [0.15, 0.2) is 0 Å². The van der Waals surface area contributed by atoms with E-state index >= 15 is 0 Å². The molecule has 0 heterocycles. The van der Waals surface area contributed by atoms with Crippen LogP contribution < -0.4 is 10.1 Å². The lowest BCUT2D eigenvalue weighted by molar-refractivity contribution is 0.186. The summed E-state index contributed by atoms with van der Waals surface area (Å²) < 4.78 is 5.37. The molecular weight excluding hydrogens is 258 g/mol. The minimum absolute atomic E-state index is 0.520. The fourth-order valence-electron chi connectivity index (χ4n) is 4.18. The number of aryl methyl sites for hydroxylation is 1. The topological polar surface area (TPSA) is 21.3 Å². The summed E-state index contributed by atoms with van der Waals surface area (Å²) in [5.74, 6) is 0.994. The first kappa shape index (κ1) is 14.9. The van der Waals surface area contributed by atoms with E-state index in [1.54, 1.807) is 7.11 Å². The Labute approximate surface area is 129 Å². The molecule has 2 heteroatoms. The van der Waals surface area contributed by atoms with E-state index < -0.39 is 0 Å². The maximum absolute atomic E-state index is 5.37. The van der Waals surface area contributed by atoms with Gasteiger partial charge in [0.1, 0.15) is 5.75 Å². The second kappa shape index (κ2) is 6.00. The molecule has 21 heavy (non-hydrogen) atoms. The molecule has 1 saturated carbocycles. The number of fused-ring (bicyclic) bond motifs is 1. The first-order valence-corrected chi connectivity index (χ1v) is 8.47. The van der Waals surface area contributed by atoms with E-state index in [0.29, 0.717) is 17.5 Å². The van der Waals surface area contributed by atoms with Crippen LogP contribution >= 0.6 is 0 Å². The molecule has 2 aliphatic carbocycles. The third-order valence-electron chi connectivity index (χ3n) is 5.32. The van der Waals surface area contributed by atoms with Gasteiger partial charge in [0.25, 0.3) is 0 Å². The van der Waals surface area contributed by atoms with Gasteiger partial charge >= 0.3 is 0 Å². The van der Waals surface area contributed by atoms with Crippen LogP contribution in [0.1, 0.15) is 57.1 Å². The molecule has 1 fully saturated rings. The molecule has 2 unspecified atom stereocenters. The Balaban J connectivity index is 1.63. The van der Waals surface area contributed by atoms with E-state index in [9.17, 15) is 0 Å².